The molecule has 0 aliphatic carbocycles. The summed E-state index contributed by atoms with van der Waals surface area (Å²) < 4.78 is 24.9. The quantitative estimate of drug-likeness (QED) is 0.0352. The van der Waals surface area contributed by atoms with E-state index in [2.05, 4.69) is 20.3 Å². The first kappa shape index (κ1) is 41.0. The summed E-state index contributed by atoms with van der Waals surface area (Å²) in [5.41, 5.74) is 13.3. The molecule has 6 aromatic rings. The Hall–Kier alpha value is -7.21. The van der Waals surface area contributed by atoms with Gasteiger partial charge in [-0.25, -0.2) is 14.4 Å². The normalized spacial score (nSPS) is 16.0. The summed E-state index contributed by atoms with van der Waals surface area (Å²) in [6, 6.07) is 41.2. The molecule has 1 aromatic heterocycles. The number of methoxy groups -OCH3 is 1. The van der Waals surface area contributed by atoms with Crippen molar-refractivity contribution in [1.29, 1.82) is 0 Å². The lowest BCUT2D eigenvalue weighted by Gasteiger charge is -2.38. The third-order valence-corrected chi connectivity index (χ3v) is 10.5. The van der Waals surface area contributed by atoms with Gasteiger partial charge in [0.15, 0.2) is 0 Å². The Morgan fingerprint density at radius 3 is 1.97 bits per heavy atom. The molecule has 1 fully saturated rings. The molecule has 13 heteroatoms. The number of azide groups is 1. The van der Waals surface area contributed by atoms with E-state index in [0.717, 1.165) is 27.8 Å². The molecule has 3 atom stereocenters. The SMILES string of the molecule is COc1ccc(C(Nc2nc(=O)n(C3CC(OC(=O)c4ccc(C)cc4)C(COC(=O)c4ccc(C)cc4)O3)cc2CCN=[N+]=[N-])(c2ccccc2)c2ccccc2)cc1. The average molecular weight is 805 g/mol. The number of hydrogen-bond donors (Lipinski definition) is 1. The minimum atomic E-state index is -1.07. The van der Waals surface area contributed by atoms with Gasteiger partial charge < -0.3 is 24.3 Å². The summed E-state index contributed by atoms with van der Waals surface area (Å²) in [6.07, 6.45) is -0.899. The Bertz CT molecular complexity index is 2480. The van der Waals surface area contributed by atoms with Crippen LogP contribution in [0.25, 0.3) is 10.4 Å². The maximum atomic E-state index is 14.3. The molecule has 60 heavy (non-hydrogen) atoms. The Kier molecular flexibility index (Phi) is 12.7. The summed E-state index contributed by atoms with van der Waals surface area (Å²) in [7, 11) is 1.61. The predicted molar refractivity (Wildman–Crippen MR) is 226 cm³/mol. The van der Waals surface area contributed by atoms with Gasteiger partial charge in [0.05, 0.1) is 18.2 Å². The smallest absolute Gasteiger partial charge is 0.351 e. The first-order valence-corrected chi connectivity index (χ1v) is 19.5. The third-order valence-electron chi connectivity index (χ3n) is 10.5. The molecule has 1 N–H and O–H groups in total. The van der Waals surface area contributed by atoms with Gasteiger partial charge >= 0.3 is 17.6 Å². The van der Waals surface area contributed by atoms with Crippen LogP contribution in [0.4, 0.5) is 5.82 Å². The maximum absolute atomic E-state index is 14.3. The van der Waals surface area contributed by atoms with Gasteiger partial charge in [-0.1, -0.05) is 113 Å². The van der Waals surface area contributed by atoms with Gasteiger partial charge in [0.25, 0.3) is 0 Å². The molecule has 1 aliphatic rings. The van der Waals surface area contributed by atoms with Crippen molar-refractivity contribution in [3.8, 4) is 5.75 Å². The van der Waals surface area contributed by atoms with E-state index in [-0.39, 0.29) is 31.8 Å². The van der Waals surface area contributed by atoms with Crippen molar-refractivity contribution in [3.05, 3.63) is 205 Å². The molecular weight excluding hydrogens is 761 g/mol. The summed E-state index contributed by atoms with van der Waals surface area (Å²) >= 11 is 0. The fraction of sp³-hybridized carbons (Fsp3) is 0.234. The highest BCUT2D eigenvalue weighted by Crippen LogP contribution is 2.41. The number of aromatic nitrogens is 2. The number of carbonyl (C=O) groups excluding carboxylic acids is 2. The van der Waals surface area contributed by atoms with E-state index in [1.165, 1.54) is 4.57 Å². The Balaban J connectivity index is 1.27. The summed E-state index contributed by atoms with van der Waals surface area (Å²) in [4.78, 5) is 48.4. The number of nitrogens with one attached hydrogen (secondary N) is 1. The topological polar surface area (TPSA) is 167 Å². The van der Waals surface area contributed by atoms with Crippen LogP contribution >= 0.6 is 0 Å². The standard InChI is InChI=1S/C47H44N6O7/c1-31-14-18-33(19-15-31)44(54)58-30-41-40(60-45(55)34-20-16-32(2)17-21-34)28-42(59-41)53-29-35(26-27-49-52-48)43(50-46(53)56)51-47(36-10-6-4-7-11-36,37-12-8-5-9-13-37)38-22-24-39(57-3)25-23-38/h4-25,29,40-42H,26-28,30H2,1-3H3,(H,50,51,56). The molecule has 2 heterocycles. The van der Waals surface area contributed by atoms with Gasteiger partial charge in [0, 0.05) is 29.6 Å². The Morgan fingerprint density at radius 2 is 1.40 bits per heavy atom. The first-order valence-electron chi connectivity index (χ1n) is 19.5. The average Bonchev–Trinajstić information content (AvgIpc) is 3.68. The van der Waals surface area contributed by atoms with E-state index >= 15 is 0 Å². The number of hydrogen-bond acceptors (Lipinski definition) is 10. The van der Waals surface area contributed by atoms with Crippen molar-refractivity contribution in [2.45, 2.75) is 50.7 Å². The van der Waals surface area contributed by atoms with Crippen LogP contribution in [0.5, 0.6) is 5.75 Å². The minimum absolute atomic E-state index is 0.0539. The lowest BCUT2D eigenvalue weighted by molar-refractivity contribution is -0.0582. The Labute approximate surface area is 347 Å². The number of aryl methyl sites for hydroxylation is 2. The first-order chi connectivity index (χ1) is 29.2. The molecule has 0 saturated carbocycles. The number of anilines is 1. The second-order valence-electron chi connectivity index (χ2n) is 14.5. The van der Waals surface area contributed by atoms with Crippen molar-refractivity contribution in [3.63, 3.8) is 0 Å². The molecule has 1 aliphatic heterocycles. The number of ether oxygens (including phenoxy) is 4. The third kappa shape index (κ3) is 9.07. The monoisotopic (exact) mass is 804 g/mol. The van der Waals surface area contributed by atoms with Crippen molar-refractivity contribution in [2.24, 2.45) is 5.11 Å². The number of benzene rings is 5. The second-order valence-corrected chi connectivity index (χ2v) is 14.5. The molecule has 0 spiro atoms. The molecule has 1 saturated heterocycles. The number of carbonyl (C=O) groups is 2. The summed E-state index contributed by atoms with van der Waals surface area (Å²) in [5.74, 6) is -0.225. The molecule has 0 bridgehead atoms. The van der Waals surface area contributed by atoms with Crippen LogP contribution in [0.2, 0.25) is 0 Å². The van der Waals surface area contributed by atoms with Crippen LogP contribution in [0.15, 0.2) is 150 Å². The second kappa shape index (κ2) is 18.6. The van der Waals surface area contributed by atoms with Crippen molar-refractivity contribution in [2.75, 3.05) is 25.6 Å². The van der Waals surface area contributed by atoms with Crippen LogP contribution < -0.4 is 15.7 Å². The minimum Gasteiger partial charge on any atom is -0.497 e. The van der Waals surface area contributed by atoms with Gasteiger partial charge in [-0.15, -0.1) is 0 Å². The maximum Gasteiger partial charge on any atom is 0.351 e. The zero-order valence-corrected chi connectivity index (χ0v) is 33.4. The van der Waals surface area contributed by atoms with Gasteiger partial charge in [0.1, 0.15) is 42.1 Å². The van der Waals surface area contributed by atoms with E-state index in [0.29, 0.717) is 22.4 Å². The van der Waals surface area contributed by atoms with Gasteiger partial charge in [-0.3, -0.25) is 4.57 Å². The largest absolute Gasteiger partial charge is 0.497 e. The summed E-state index contributed by atoms with van der Waals surface area (Å²) in [6.45, 7) is 3.65. The van der Waals surface area contributed by atoms with Gasteiger partial charge in [-0.05, 0) is 78.9 Å². The molecule has 5 aromatic carbocycles. The zero-order valence-electron chi connectivity index (χ0n) is 33.4. The van der Waals surface area contributed by atoms with Crippen LogP contribution in [0.3, 0.4) is 0 Å². The fourth-order valence-electron chi connectivity index (χ4n) is 7.30. The van der Waals surface area contributed by atoms with Gasteiger partial charge in [-0.2, -0.15) is 4.98 Å². The molecule has 3 unspecified atom stereocenters. The molecule has 304 valence electrons. The Morgan fingerprint density at radius 1 is 0.833 bits per heavy atom. The molecular formula is C47H44N6O7. The number of esters is 2. The van der Waals surface area contributed by atoms with Crippen molar-refractivity contribution < 1.29 is 28.5 Å². The molecule has 13 nitrogen and oxygen atoms in total. The summed E-state index contributed by atoms with van der Waals surface area (Å²) in [5, 5.41) is 7.48. The van der Waals surface area contributed by atoms with Crippen LogP contribution in [0.1, 0.15) is 66.7 Å². The van der Waals surface area contributed by atoms with Crippen LogP contribution in [0, 0.1) is 13.8 Å². The van der Waals surface area contributed by atoms with E-state index < -0.39 is 41.6 Å². The van der Waals surface area contributed by atoms with E-state index in [9.17, 15) is 19.9 Å². The molecule has 0 amide bonds. The molecule has 7 rings (SSSR count). The molecule has 0 radical (unpaired) electrons. The highest BCUT2D eigenvalue weighted by atomic mass is 16.6. The van der Waals surface area contributed by atoms with Crippen LogP contribution in [-0.2, 0) is 26.2 Å². The van der Waals surface area contributed by atoms with Crippen LogP contribution in [-0.4, -0.2) is 54.0 Å². The highest BCUT2D eigenvalue weighted by molar-refractivity contribution is 5.90. The lowest BCUT2D eigenvalue weighted by Crippen LogP contribution is -2.40. The number of rotatable bonds is 15. The number of nitrogens with zero attached hydrogens (tertiary/aromatic N) is 5. The van der Waals surface area contributed by atoms with Crippen molar-refractivity contribution >= 4 is 17.8 Å². The fourth-order valence-corrected chi connectivity index (χ4v) is 7.30. The van der Waals surface area contributed by atoms with E-state index in [1.807, 2.05) is 123 Å². The lowest BCUT2D eigenvalue weighted by atomic mass is 9.77. The van der Waals surface area contributed by atoms with E-state index in [1.54, 1.807) is 37.6 Å². The van der Waals surface area contributed by atoms with E-state index in [4.69, 9.17) is 18.9 Å². The van der Waals surface area contributed by atoms with Gasteiger partial charge in [0.2, 0.25) is 0 Å². The predicted octanol–water partition coefficient (Wildman–Crippen LogP) is 8.50. The van der Waals surface area contributed by atoms with Crippen molar-refractivity contribution in [1.82, 2.24) is 9.55 Å². The zero-order chi connectivity index (χ0) is 42.1. The highest BCUT2D eigenvalue weighted by Gasteiger charge is 2.42.